The second-order valence-corrected chi connectivity index (χ2v) is 9.74. The van der Waals surface area contributed by atoms with E-state index in [1.807, 2.05) is 24.3 Å². The van der Waals surface area contributed by atoms with Gasteiger partial charge < -0.3 is 19.5 Å². The van der Waals surface area contributed by atoms with Crippen LogP contribution in [0.25, 0.3) is 0 Å². The van der Waals surface area contributed by atoms with Crippen molar-refractivity contribution in [2.24, 2.45) is 5.92 Å². The summed E-state index contributed by atoms with van der Waals surface area (Å²) < 4.78 is 41.9. The quantitative estimate of drug-likeness (QED) is 0.548. The van der Waals surface area contributed by atoms with Crippen molar-refractivity contribution >= 4 is 21.6 Å². The van der Waals surface area contributed by atoms with E-state index in [0.29, 0.717) is 23.8 Å². The summed E-state index contributed by atoms with van der Waals surface area (Å²) in [5.74, 6) is 1.37. The number of hydrogen-bond acceptors (Lipinski definition) is 6. The first-order chi connectivity index (χ1) is 15.1. The van der Waals surface area contributed by atoms with Crippen molar-refractivity contribution < 1.29 is 27.4 Å². The van der Waals surface area contributed by atoms with Crippen molar-refractivity contribution in [1.29, 1.82) is 0 Å². The number of nitrogens with zero attached hydrogens (tertiary/aromatic N) is 1. The van der Waals surface area contributed by atoms with Crippen LogP contribution in [0.3, 0.4) is 0 Å². The molecule has 2 aromatic carbocycles. The second kappa shape index (κ2) is 11.1. The highest BCUT2D eigenvalue weighted by Gasteiger charge is 2.26. The molecule has 0 radical (unpaired) electrons. The zero-order valence-corrected chi connectivity index (χ0v) is 20.2. The molecule has 0 fully saturated rings. The van der Waals surface area contributed by atoms with Gasteiger partial charge in [0, 0.05) is 6.07 Å². The molecule has 8 nitrogen and oxygen atoms in total. The highest BCUT2D eigenvalue weighted by molar-refractivity contribution is 7.92. The largest absolute Gasteiger partial charge is 0.497 e. The van der Waals surface area contributed by atoms with Crippen molar-refractivity contribution in [3.05, 3.63) is 48.0 Å². The highest BCUT2D eigenvalue weighted by Crippen LogP contribution is 2.33. The molecule has 2 aromatic rings. The SMILES string of the molecule is COc1ccc([C@@H](CC(C)C)NC(=O)CN(c2cc(OC)ccc2OC)S(C)(=O)=O)cc1. The molecule has 0 saturated heterocycles. The molecule has 0 aliphatic carbocycles. The molecule has 0 unspecified atom stereocenters. The molecular weight excluding hydrogens is 432 g/mol. The van der Waals surface area contributed by atoms with Gasteiger partial charge in [-0.25, -0.2) is 8.42 Å². The molecule has 176 valence electrons. The lowest BCUT2D eigenvalue weighted by Gasteiger charge is -2.26. The van der Waals surface area contributed by atoms with Crippen LogP contribution in [0.15, 0.2) is 42.5 Å². The summed E-state index contributed by atoms with van der Waals surface area (Å²) >= 11 is 0. The third kappa shape index (κ3) is 6.78. The summed E-state index contributed by atoms with van der Waals surface area (Å²) in [4.78, 5) is 13.0. The average Bonchev–Trinajstić information content (AvgIpc) is 2.75. The Hall–Kier alpha value is -2.94. The molecule has 0 aliphatic rings. The number of sulfonamides is 1. The maximum Gasteiger partial charge on any atom is 0.241 e. The van der Waals surface area contributed by atoms with Gasteiger partial charge in [0.15, 0.2) is 0 Å². The van der Waals surface area contributed by atoms with E-state index >= 15 is 0 Å². The Morgan fingerprint density at radius 2 is 1.56 bits per heavy atom. The van der Waals surface area contributed by atoms with Gasteiger partial charge in [-0.05, 0) is 42.2 Å². The summed E-state index contributed by atoms with van der Waals surface area (Å²) in [5.41, 5.74) is 1.15. The summed E-state index contributed by atoms with van der Waals surface area (Å²) in [6.45, 7) is 3.73. The number of carbonyl (C=O) groups excluding carboxylic acids is 1. The lowest BCUT2D eigenvalue weighted by molar-refractivity contribution is -0.120. The van der Waals surface area contributed by atoms with Crippen molar-refractivity contribution in [1.82, 2.24) is 5.32 Å². The van der Waals surface area contributed by atoms with E-state index in [1.54, 1.807) is 19.2 Å². The molecule has 0 heterocycles. The van der Waals surface area contributed by atoms with Crippen LogP contribution in [0, 0.1) is 5.92 Å². The smallest absolute Gasteiger partial charge is 0.241 e. The zero-order chi connectivity index (χ0) is 23.9. The van der Waals surface area contributed by atoms with Gasteiger partial charge in [-0.15, -0.1) is 0 Å². The first-order valence-electron chi connectivity index (χ1n) is 10.2. The summed E-state index contributed by atoms with van der Waals surface area (Å²) in [5, 5.41) is 2.98. The molecule has 0 bridgehead atoms. The molecule has 9 heteroatoms. The third-order valence-electron chi connectivity index (χ3n) is 4.90. The summed E-state index contributed by atoms with van der Waals surface area (Å²) in [6.07, 6.45) is 1.74. The van der Waals surface area contributed by atoms with E-state index in [2.05, 4.69) is 19.2 Å². The highest BCUT2D eigenvalue weighted by atomic mass is 32.2. The number of carbonyl (C=O) groups is 1. The molecule has 0 saturated carbocycles. The third-order valence-corrected chi connectivity index (χ3v) is 6.03. The van der Waals surface area contributed by atoms with Crippen LogP contribution in [-0.2, 0) is 14.8 Å². The van der Waals surface area contributed by atoms with Crippen LogP contribution < -0.4 is 23.8 Å². The monoisotopic (exact) mass is 464 g/mol. The normalized spacial score (nSPS) is 12.2. The number of anilines is 1. The number of rotatable bonds is 11. The molecule has 2 rings (SSSR count). The predicted octanol–water partition coefficient (Wildman–Crippen LogP) is 3.38. The molecule has 1 amide bonds. The number of hydrogen-bond donors (Lipinski definition) is 1. The van der Waals surface area contributed by atoms with Crippen LogP contribution in [-0.4, -0.2) is 48.5 Å². The van der Waals surface area contributed by atoms with Crippen LogP contribution >= 0.6 is 0 Å². The zero-order valence-electron chi connectivity index (χ0n) is 19.4. The number of amides is 1. The number of methoxy groups -OCH3 is 3. The number of nitrogens with one attached hydrogen (secondary N) is 1. The van der Waals surface area contributed by atoms with Crippen LogP contribution in [0.4, 0.5) is 5.69 Å². The number of benzene rings is 2. The van der Waals surface area contributed by atoms with Crippen molar-refractivity contribution in [2.75, 3.05) is 38.4 Å². The van der Waals surface area contributed by atoms with Gasteiger partial charge in [-0.2, -0.15) is 0 Å². The fourth-order valence-corrected chi connectivity index (χ4v) is 4.18. The molecule has 0 aliphatic heterocycles. The maximum atomic E-state index is 13.0. The molecular formula is C23H32N2O6S. The fraction of sp³-hybridized carbons (Fsp3) is 0.435. The molecule has 1 atom stereocenters. The van der Waals surface area contributed by atoms with Gasteiger partial charge in [-0.3, -0.25) is 9.10 Å². The van der Waals surface area contributed by atoms with Crippen LogP contribution in [0.1, 0.15) is 31.9 Å². The van der Waals surface area contributed by atoms with Gasteiger partial charge in [0.05, 0.1) is 39.3 Å². The Balaban J connectivity index is 2.32. The van der Waals surface area contributed by atoms with E-state index in [0.717, 1.165) is 21.9 Å². The standard InChI is InChI=1S/C23H32N2O6S/c1-16(2)13-20(17-7-9-18(29-3)10-8-17)24-23(26)15-25(32(6,27)28)21-14-19(30-4)11-12-22(21)31-5/h7-12,14,16,20H,13,15H2,1-6H3,(H,24,26)/t20-/m1/s1. The molecule has 32 heavy (non-hydrogen) atoms. The Kier molecular flexibility index (Phi) is 8.77. The Morgan fingerprint density at radius 3 is 2.06 bits per heavy atom. The Bertz CT molecular complexity index is 1010. The summed E-state index contributed by atoms with van der Waals surface area (Å²) in [7, 11) is 0.729. The van der Waals surface area contributed by atoms with E-state index in [1.165, 1.54) is 20.3 Å². The number of ether oxygens (including phenoxy) is 3. The van der Waals surface area contributed by atoms with Crippen molar-refractivity contribution in [3.63, 3.8) is 0 Å². The second-order valence-electron chi connectivity index (χ2n) is 7.83. The van der Waals surface area contributed by atoms with E-state index in [9.17, 15) is 13.2 Å². The first kappa shape index (κ1) is 25.3. The van der Waals surface area contributed by atoms with Crippen LogP contribution in [0.5, 0.6) is 17.2 Å². The van der Waals surface area contributed by atoms with E-state index < -0.39 is 22.5 Å². The average molecular weight is 465 g/mol. The van der Waals surface area contributed by atoms with Crippen molar-refractivity contribution in [2.45, 2.75) is 26.3 Å². The fourth-order valence-electron chi connectivity index (χ4n) is 3.33. The molecule has 0 aromatic heterocycles. The van der Waals surface area contributed by atoms with Gasteiger partial charge in [-0.1, -0.05) is 26.0 Å². The van der Waals surface area contributed by atoms with E-state index in [-0.39, 0.29) is 11.7 Å². The van der Waals surface area contributed by atoms with Gasteiger partial charge in [0.2, 0.25) is 15.9 Å². The minimum atomic E-state index is -3.78. The van der Waals surface area contributed by atoms with E-state index in [4.69, 9.17) is 14.2 Å². The minimum Gasteiger partial charge on any atom is -0.497 e. The Labute approximate surface area is 190 Å². The van der Waals surface area contributed by atoms with Crippen molar-refractivity contribution in [3.8, 4) is 17.2 Å². The first-order valence-corrected chi connectivity index (χ1v) is 12.1. The maximum absolute atomic E-state index is 13.0. The Morgan fingerprint density at radius 1 is 0.969 bits per heavy atom. The van der Waals surface area contributed by atoms with Gasteiger partial charge in [0.25, 0.3) is 0 Å². The molecule has 1 N–H and O–H groups in total. The molecule has 0 spiro atoms. The lowest BCUT2D eigenvalue weighted by atomic mass is 9.97. The minimum absolute atomic E-state index is 0.231. The van der Waals surface area contributed by atoms with Crippen LogP contribution in [0.2, 0.25) is 0 Å². The predicted molar refractivity (Wildman–Crippen MR) is 125 cm³/mol. The van der Waals surface area contributed by atoms with Gasteiger partial charge in [0.1, 0.15) is 23.8 Å². The lowest BCUT2D eigenvalue weighted by Crippen LogP contribution is -2.42. The topological polar surface area (TPSA) is 94.2 Å². The summed E-state index contributed by atoms with van der Waals surface area (Å²) in [6, 6.07) is 12.0. The van der Waals surface area contributed by atoms with Gasteiger partial charge >= 0.3 is 0 Å².